The molecule has 114 valence electrons. The summed E-state index contributed by atoms with van der Waals surface area (Å²) in [5.74, 6) is 0.899. The fourth-order valence-corrected chi connectivity index (χ4v) is 2.17. The van der Waals surface area contributed by atoms with Gasteiger partial charge in [0.1, 0.15) is 5.82 Å². The molecule has 1 atom stereocenters. The van der Waals surface area contributed by atoms with E-state index in [-0.39, 0.29) is 24.6 Å². The number of carbonyl (C=O) groups is 1. The van der Waals surface area contributed by atoms with Crippen LogP contribution in [0.4, 0.5) is 10.6 Å². The van der Waals surface area contributed by atoms with Crippen LogP contribution in [0.1, 0.15) is 39.0 Å². The Morgan fingerprint density at radius 3 is 2.45 bits per heavy atom. The highest BCUT2D eigenvalue weighted by atomic mass is 16.3. The van der Waals surface area contributed by atoms with Crippen LogP contribution in [0.25, 0.3) is 0 Å². The number of rotatable bonds is 6. The number of hydrogen-bond donors (Lipinski definition) is 3. The molecule has 0 fully saturated rings. The molecular weight excluding hydrogens is 256 g/mol. The Kier molecular flexibility index (Phi) is 6.01. The topological polar surface area (TPSA) is 79.2 Å². The Hall–Kier alpha value is -1.56. The summed E-state index contributed by atoms with van der Waals surface area (Å²) >= 11 is 0. The van der Waals surface area contributed by atoms with Gasteiger partial charge in [0.2, 0.25) is 0 Å². The summed E-state index contributed by atoms with van der Waals surface area (Å²) in [4.78, 5) is 12.0. The highest BCUT2D eigenvalue weighted by Gasteiger charge is 2.18. The molecule has 20 heavy (non-hydrogen) atoms. The molecule has 0 spiro atoms. The summed E-state index contributed by atoms with van der Waals surface area (Å²) in [6.07, 6.45) is 1.66. The quantitative estimate of drug-likeness (QED) is 0.743. The molecule has 1 unspecified atom stereocenters. The van der Waals surface area contributed by atoms with E-state index >= 15 is 0 Å². The molecule has 0 aliphatic rings. The second-order valence-electron chi connectivity index (χ2n) is 5.24. The second-order valence-corrected chi connectivity index (χ2v) is 5.24. The number of urea groups is 1. The number of aliphatic hydroxyl groups excluding tert-OH is 1. The summed E-state index contributed by atoms with van der Waals surface area (Å²) in [6.45, 7) is 7.93. The summed E-state index contributed by atoms with van der Waals surface area (Å²) in [5, 5.41) is 19.3. The zero-order valence-electron chi connectivity index (χ0n) is 13.0. The van der Waals surface area contributed by atoms with Crippen molar-refractivity contribution in [3.05, 3.63) is 11.3 Å². The summed E-state index contributed by atoms with van der Waals surface area (Å²) < 4.78 is 1.70. The largest absolute Gasteiger partial charge is 0.394 e. The number of nitrogens with one attached hydrogen (secondary N) is 2. The van der Waals surface area contributed by atoms with Gasteiger partial charge in [-0.05, 0) is 18.8 Å². The number of amides is 2. The number of aliphatic hydroxyl groups is 1. The molecule has 1 aromatic heterocycles. The number of carbonyl (C=O) groups excluding carboxylic acids is 1. The van der Waals surface area contributed by atoms with Crippen molar-refractivity contribution in [2.45, 2.75) is 46.6 Å². The van der Waals surface area contributed by atoms with Gasteiger partial charge in [0.05, 0.1) is 18.3 Å². The van der Waals surface area contributed by atoms with Crippen molar-refractivity contribution in [3.63, 3.8) is 0 Å². The maximum Gasteiger partial charge on any atom is 0.320 e. The van der Waals surface area contributed by atoms with E-state index in [0.29, 0.717) is 0 Å². The first-order chi connectivity index (χ1) is 9.44. The van der Waals surface area contributed by atoms with Crippen LogP contribution in [0.15, 0.2) is 0 Å². The van der Waals surface area contributed by atoms with Gasteiger partial charge in [0.15, 0.2) is 0 Å². The van der Waals surface area contributed by atoms with Gasteiger partial charge >= 0.3 is 6.03 Å². The smallest absolute Gasteiger partial charge is 0.320 e. The van der Waals surface area contributed by atoms with Crippen LogP contribution in [-0.4, -0.2) is 33.6 Å². The average Bonchev–Trinajstić information content (AvgIpc) is 2.71. The SMILES string of the molecule is CCc1nn(C)c(NC(=O)NC(CO)C(C)C)c1CC. The third-order valence-corrected chi connectivity index (χ3v) is 3.47. The number of hydrogen-bond acceptors (Lipinski definition) is 3. The molecule has 0 saturated heterocycles. The minimum Gasteiger partial charge on any atom is -0.394 e. The fourth-order valence-electron chi connectivity index (χ4n) is 2.17. The molecule has 6 heteroatoms. The third kappa shape index (κ3) is 3.72. The molecule has 6 nitrogen and oxygen atoms in total. The monoisotopic (exact) mass is 282 g/mol. The number of nitrogens with zero attached hydrogens (tertiary/aromatic N) is 2. The van der Waals surface area contributed by atoms with Crippen LogP contribution >= 0.6 is 0 Å². The molecule has 0 saturated carbocycles. The highest BCUT2D eigenvalue weighted by molar-refractivity contribution is 5.89. The van der Waals surface area contributed by atoms with E-state index in [4.69, 9.17) is 0 Å². The van der Waals surface area contributed by atoms with Crippen molar-refractivity contribution in [3.8, 4) is 0 Å². The average molecular weight is 282 g/mol. The maximum atomic E-state index is 12.0. The van der Waals surface area contributed by atoms with E-state index in [0.717, 1.165) is 29.9 Å². The van der Waals surface area contributed by atoms with E-state index in [9.17, 15) is 9.90 Å². The van der Waals surface area contributed by atoms with E-state index in [2.05, 4.69) is 15.7 Å². The van der Waals surface area contributed by atoms with E-state index in [1.54, 1.807) is 4.68 Å². The van der Waals surface area contributed by atoms with Crippen molar-refractivity contribution in [1.29, 1.82) is 0 Å². The van der Waals surface area contributed by atoms with Crippen LogP contribution in [-0.2, 0) is 19.9 Å². The predicted octanol–water partition coefficient (Wildman–Crippen LogP) is 1.68. The van der Waals surface area contributed by atoms with Crippen molar-refractivity contribution >= 4 is 11.8 Å². The fraction of sp³-hybridized carbons (Fsp3) is 0.714. The maximum absolute atomic E-state index is 12.0. The first kappa shape index (κ1) is 16.5. The lowest BCUT2D eigenvalue weighted by molar-refractivity contribution is 0.204. The number of anilines is 1. The Balaban J connectivity index is 2.83. The second kappa shape index (κ2) is 7.28. The predicted molar refractivity (Wildman–Crippen MR) is 79.8 cm³/mol. The van der Waals surface area contributed by atoms with Gasteiger partial charge in [0, 0.05) is 12.6 Å². The molecule has 1 heterocycles. The lowest BCUT2D eigenvalue weighted by Crippen LogP contribution is -2.43. The molecule has 0 aliphatic heterocycles. The van der Waals surface area contributed by atoms with Crippen LogP contribution in [0, 0.1) is 5.92 Å². The first-order valence-electron chi connectivity index (χ1n) is 7.17. The number of aryl methyl sites for hydroxylation is 2. The lowest BCUT2D eigenvalue weighted by atomic mass is 10.1. The van der Waals surface area contributed by atoms with Gasteiger partial charge in [-0.25, -0.2) is 4.79 Å². The molecule has 1 aromatic rings. The normalized spacial score (nSPS) is 12.6. The van der Waals surface area contributed by atoms with Gasteiger partial charge in [-0.3, -0.25) is 10.00 Å². The summed E-state index contributed by atoms with van der Waals surface area (Å²) in [7, 11) is 1.82. The van der Waals surface area contributed by atoms with Gasteiger partial charge in [-0.15, -0.1) is 0 Å². The molecule has 3 N–H and O–H groups in total. The standard InChI is InChI=1S/C14H26N4O2/c1-6-10-11(7-2)17-18(5)13(10)16-14(20)15-12(8-19)9(3)4/h9,12,19H,6-8H2,1-5H3,(H2,15,16,20). The van der Waals surface area contributed by atoms with Crippen molar-refractivity contribution in [2.24, 2.45) is 13.0 Å². The Labute approximate surface area is 120 Å². The molecule has 0 aliphatic carbocycles. The molecule has 1 rings (SSSR count). The number of aromatic nitrogens is 2. The van der Waals surface area contributed by atoms with Gasteiger partial charge in [0.25, 0.3) is 0 Å². The zero-order valence-corrected chi connectivity index (χ0v) is 13.0. The Morgan fingerprint density at radius 2 is 2.00 bits per heavy atom. The van der Waals surface area contributed by atoms with Crippen molar-refractivity contribution in [2.75, 3.05) is 11.9 Å². The first-order valence-corrected chi connectivity index (χ1v) is 7.17. The summed E-state index contributed by atoms with van der Waals surface area (Å²) in [6, 6.07) is -0.558. The van der Waals surface area contributed by atoms with Gasteiger partial charge in [-0.2, -0.15) is 5.10 Å². The van der Waals surface area contributed by atoms with Gasteiger partial charge in [-0.1, -0.05) is 27.7 Å². The molecular formula is C14H26N4O2. The minimum absolute atomic E-state index is 0.0721. The molecule has 2 amide bonds. The van der Waals surface area contributed by atoms with Crippen LogP contribution in [0.5, 0.6) is 0 Å². The van der Waals surface area contributed by atoms with E-state index < -0.39 is 0 Å². The summed E-state index contributed by atoms with van der Waals surface area (Å²) in [5.41, 5.74) is 2.07. The highest BCUT2D eigenvalue weighted by Crippen LogP contribution is 2.20. The minimum atomic E-state index is -0.307. The van der Waals surface area contributed by atoms with E-state index in [1.165, 1.54) is 0 Å². The van der Waals surface area contributed by atoms with Crippen LogP contribution < -0.4 is 10.6 Å². The molecule has 0 radical (unpaired) electrons. The van der Waals surface area contributed by atoms with Crippen LogP contribution in [0.3, 0.4) is 0 Å². The Bertz CT molecular complexity index is 454. The van der Waals surface area contributed by atoms with Crippen molar-refractivity contribution < 1.29 is 9.90 Å². The van der Waals surface area contributed by atoms with Gasteiger partial charge < -0.3 is 10.4 Å². The molecule has 0 aromatic carbocycles. The lowest BCUT2D eigenvalue weighted by Gasteiger charge is -2.20. The van der Waals surface area contributed by atoms with Crippen molar-refractivity contribution in [1.82, 2.24) is 15.1 Å². The molecule has 0 bridgehead atoms. The van der Waals surface area contributed by atoms with Crippen LogP contribution in [0.2, 0.25) is 0 Å². The third-order valence-electron chi connectivity index (χ3n) is 3.47. The Morgan fingerprint density at radius 1 is 1.35 bits per heavy atom. The zero-order chi connectivity index (χ0) is 15.3. The van der Waals surface area contributed by atoms with E-state index in [1.807, 2.05) is 34.7 Å².